The molecule has 0 unspecified atom stereocenters. The Morgan fingerprint density at radius 1 is 1.38 bits per heavy atom. The van der Waals surface area contributed by atoms with E-state index in [0.717, 1.165) is 5.76 Å². The van der Waals surface area contributed by atoms with E-state index in [2.05, 4.69) is 10.6 Å². The van der Waals surface area contributed by atoms with Crippen LogP contribution in [0.25, 0.3) is 0 Å². The fourth-order valence-electron chi connectivity index (χ4n) is 2.00. The average molecular weight is 333 g/mol. The zero-order valence-corrected chi connectivity index (χ0v) is 13.3. The van der Waals surface area contributed by atoms with Gasteiger partial charge in [-0.2, -0.15) is 0 Å². The highest BCUT2D eigenvalue weighted by atomic mass is 16.6. The minimum absolute atomic E-state index is 0.0286. The molecule has 1 heterocycles. The molecule has 1 aromatic carbocycles. The molecule has 0 saturated heterocycles. The highest BCUT2D eigenvalue weighted by Gasteiger charge is 2.12. The van der Waals surface area contributed by atoms with Gasteiger partial charge in [-0.3, -0.25) is 10.1 Å². The summed E-state index contributed by atoms with van der Waals surface area (Å²) in [4.78, 5) is 22.1. The molecular formula is C16H19N3O5. The Balaban J connectivity index is 1.66. The van der Waals surface area contributed by atoms with E-state index in [0.29, 0.717) is 37.4 Å². The van der Waals surface area contributed by atoms with E-state index >= 15 is 0 Å². The number of carbonyl (C=O) groups is 1. The number of rotatable bonds is 8. The van der Waals surface area contributed by atoms with Gasteiger partial charge in [-0.1, -0.05) is 6.07 Å². The van der Waals surface area contributed by atoms with Gasteiger partial charge in [-0.15, -0.1) is 0 Å². The summed E-state index contributed by atoms with van der Waals surface area (Å²) in [6, 6.07) is 7.75. The van der Waals surface area contributed by atoms with Crippen LogP contribution in [0.3, 0.4) is 0 Å². The lowest BCUT2D eigenvalue weighted by Crippen LogP contribution is -2.30. The second kappa shape index (κ2) is 8.68. The lowest BCUT2D eigenvalue weighted by Gasteiger charge is -2.08. The first-order valence-electron chi connectivity index (χ1n) is 7.46. The number of carbonyl (C=O) groups excluding carboxylic acids is 1. The van der Waals surface area contributed by atoms with Crippen LogP contribution < -0.4 is 10.6 Å². The van der Waals surface area contributed by atoms with Gasteiger partial charge in [0.1, 0.15) is 12.4 Å². The average Bonchev–Trinajstić information content (AvgIpc) is 3.05. The number of nitro groups is 1. The molecule has 0 saturated carbocycles. The van der Waals surface area contributed by atoms with Crippen molar-refractivity contribution in [1.82, 2.24) is 5.32 Å². The summed E-state index contributed by atoms with van der Waals surface area (Å²) < 4.78 is 10.5. The fraction of sp³-hybridized carbons (Fsp3) is 0.312. The first-order chi connectivity index (χ1) is 11.6. The molecule has 2 amide bonds. The molecule has 2 N–H and O–H groups in total. The summed E-state index contributed by atoms with van der Waals surface area (Å²) in [5.41, 5.74) is 0.887. The molecule has 128 valence electrons. The van der Waals surface area contributed by atoms with Crippen LogP contribution in [0.15, 0.2) is 41.0 Å². The van der Waals surface area contributed by atoms with Gasteiger partial charge in [-0.05, 0) is 31.5 Å². The Morgan fingerprint density at radius 2 is 2.21 bits per heavy atom. The Kier molecular flexibility index (Phi) is 6.32. The van der Waals surface area contributed by atoms with Crippen LogP contribution in [0.5, 0.6) is 0 Å². The zero-order chi connectivity index (χ0) is 17.4. The molecule has 0 fully saturated rings. The van der Waals surface area contributed by atoms with Crippen LogP contribution in [0.1, 0.15) is 17.7 Å². The number of aryl methyl sites for hydroxylation is 1. The van der Waals surface area contributed by atoms with Crippen molar-refractivity contribution in [2.75, 3.05) is 18.5 Å². The number of nitrogens with one attached hydrogen (secondary N) is 2. The summed E-state index contributed by atoms with van der Waals surface area (Å²) in [6.45, 7) is 2.95. The SMILES string of the molecule is Cc1ccc(NC(=O)NCCCOCc2ccco2)cc1[N+](=O)[O-]. The lowest BCUT2D eigenvalue weighted by atomic mass is 10.2. The van der Waals surface area contributed by atoms with Crippen LogP contribution in [0, 0.1) is 17.0 Å². The van der Waals surface area contributed by atoms with Crippen molar-refractivity contribution in [3.05, 3.63) is 58.0 Å². The van der Waals surface area contributed by atoms with E-state index in [9.17, 15) is 14.9 Å². The molecule has 0 aliphatic carbocycles. The number of urea groups is 1. The summed E-state index contributed by atoms with van der Waals surface area (Å²) in [5, 5.41) is 16.1. The van der Waals surface area contributed by atoms with Crippen molar-refractivity contribution in [2.24, 2.45) is 0 Å². The summed E-state index contributed by atoms with van der Waals surface area (Å²) in [7, 11) is 0. The highest BCUT2D eigenvalue weighted by Crippen LogP contribution is 2.22. The predicted octanol–water partition coefficient (Wildman–Crippen LogP) is 3.22. The van der Waals surface area contributed by atoms with Crippen molar-refractivity contribution < 1.29 is 18.9 Å². The van der Waals surface area contributed by atoms with Crippen LogP contribution in [0.2, 0.25) is 0 Å². The fourth-order valence-corrected chi connectivity index (χ4v) is 2.00. The van der Waals surface area contributed by atoms with Gasteiger partial charge in [0.15, 0.2) is 0 Å². The number of anilines is 1. The van der Waals surface area contributed by atoms with E-state index in [-0.39, 0.29) is 5.69 Å². The van der Waals surface area contributed by atoms with E-state index in [1.54, 1.807) is 31.4 Å². The number of benzene rings is 1. The van der Waals surface area contributed by atoms with Crippen molar-refractivity contribution in [1.29, 1.82) is 0 Å². The third-order valence-electron chi connectivity index (χ3n) is 3.24. The van der Waals surface area contributed by atoms with Crippen LogP contribution in [-0.4, -0.2) is 24.1 Å². The minimum atomic E-state index is -0.477. The number of hydrogen-bond acceptors (Lipinski definition) is 5. The second-order valence-electron chi connectivity index (χ2n) is 5.12. The van der Waals surface area contributed by atoms with E-state index in [4.69, 9.17) is 9.15 Å². The van der Waals surface area contributed by atoms with E-state index in [1.165, 1.54) is 6.07 Å². The number of ether oxygens (including phenoxy) is 1. The smallest absolute Gasteiger partial charge is 0.319 e. The van der Waals surface area contributed by atoms with E-state index < -0.39 is 11.0 Å². The molecule has 8 heteroatoms. The van der Waals surface area contributed by atoms with Gasteiger partial charge >= 0.3 is 6.03 Å². The molecule has 1 aromatic heterocycles. The molecule has 8 nitrogen and oxygen atoms in total. The quantitative estimate of drug-likeness (QED) is 0.438. The molecule has 0 aliphatic heterocycles. The van der Waals surface area contributed by atoms with Crippen molar-refractivity contribution in [2.45, 2.75) is 20.0 Å². The van der Waals surface area contributed by atoms with Gasteiger partial charge in [0.25, 0.3) is 5.69 Å². The van der Waals surface area contributed by atoms with Gasteiger partial charge in [0, 0.05) is 30.5 Å². The highest BCUT2D eigenvalue weighted by molar-refractivity contribution is 5.89. The van der Waals surface area contributed by atoms with Gasteiger partial charge in [0.05, 0.1) is 11.2 Å². The zero-order valence-electron chi connectivity index (χ0n) is 13.3. The topological polar surface area (TPSA) is 107 Å². The van der Waals surface area contributed by atoms with Gasteiger partial charge in [-0.25, -0.2) is 4.79 Å². The molecule has 0 bridgehead atoms. The third kappa shape index (κ3) is 5.40. The summed E-state index contributed by atoms with van der Waals surface area (Å²) in [5.74, 6) is 0.752. The first-order valence-corrected chi connectivity index (χ1v) is 7.46. The Hall–Kier alpha value is -2.87. The third-order valence-corrected chi connectivity index (χ3v) is 3.24. The monoisotopic (exact) mass is 333 g/mol. The molecule has 2 rings (SSSR count). The number of nitrogens with zero attached hydrogens (tertiary/aromatic N) is 1. The van der Waals surface area contributed by atoms with Gasteiger partial charge in [0.2, 0.25) is 0 Å². The Labute approximate surface area is 139 Å². The van der Waals surface area contributed by atoms with Gasteiger partial charge < -0.3 is 19.8 Å². The summed E-state index contributed by atoms with van der Waals surface area (Å²) >= 11 is 0. The molecule has 0 spiro atoms. The largest absolute Gasteiger partial charge is 0.467 e. The molecule has 0 radical (unpaired) electrons. The molecule has 24 heavy (non-hydrogen) atoms. The first kappa shape index (κ1) is 17.5. The minimum Gasteiger partial charge on any atom is -0.467 e. The van der Waals surface area contributed by atoms with Crippen LogP contribution in [-0.2, 0) is 11.3 Å². The predicted molar refractivity (Wildman–Crippen MR) is 87.8 cm³/mol. The molecule has 2 aromatic rings. The van der Waals surface area contributed by atoms with Crippen molar-refractivity contribution in [3.63, 3.8) is 0 Å². The second-order valence-corrected chi connectivity index (χ2v) is 5.12. The Morgan fingerprint density at radius 3 is 2.92 bits per heavy atom. The lowest BCUT2D eigenvalue weighted by molar-refractivity contribution is -0.385. The Bertz CT molecular complexity index is 685. The summed E-state index contributed by atoms with van der Waals surface area (Å²) in [6.07, 6.45) is 2.22. The number of hydrogen-bond donors (Lipinski definition) is 2. The normalized spacial score (nSPS) is 10.4. The van der Waals surface area contributed by atoms with Crippen molar-refractivity contribution in [3.8, 4) is 0 Å². The van der Waals surface area contributed by atoms with E-state index in [1.807, 2.05) is 6.07 Å². The molecular weight excluding hydrogens is 314 g/mol. The number of amides is 2. The van der Waals surface area contributed by atoms with Crippen LogP contribution >= 0.6 is 0 Å². The maximum absolute atomic E-state index is 11.8. The molecule has 0 atom stereocenters. The van der Waals surface area contributed by atoms with Crippen LogP contribution in [0.4, 0.5) is 16.2 Å². The maximum atomic E-state index is 11.8. The molecule has 0 aliphatic rings. The maximum Gasteiger partial charge on any atom is 0.319 e. The number of nitro benzene ring substituents is 1. The number of furan rings is 1. The van der Waals surface area contributed by atoms with Crippen molar-refractivity contribution >= 4 is 17.4 Å². The standard InChI is InChI=1S/C16H19N3O5/c1-12-5-6-13(10-15(12)19(21)22)18-16(20)17-7-3-8-23-11-14-4-2-9-24-14/h2,4-6,9-10H,3,7-8,11H2,1H3,(H2,17,18,20).